The molecule has 1 aliphatic carbocycles. The van der Waals surface area contributed by atoms with Crippen LogP contribution in [0.2, 0.25) is 0 Å². The molecule has 2 heterocycles. The zero-order valence-corrected chi connectivity index (χ0v) is 18.0. The Labute approximate surface area is 171 Å². The number of likely N-dealkylation sites (tertiary alicyclic amines) is 1. The van der Waals surface area contributed by atoms with E-state index in [1.807, 2.05) is 6.20 Å². The van der Waals surface area contributed by atoms with Crippen LogP contribution >= 0.6 is 0 Å². The molecular formula is C22H40N6. The smallest absolute Gasteiger partial charge is 0.191 e. The number of hydrogen-bond acceptors (Lipinski definition) is 3. The molecule has 2 fully saturated rings. The number of imidazole rings is 1. The van der Waals surface area contributed by atoms with Crippen LogP contribution in [0.4, 0.5) is 0 Å². The summed E-state index contributed by atoms with van der Waals surface area (Å²) < 4.78 is 2.22. The molecule has 0 amide bonds. The van der Waals surface area contributed by atoms with E-state index in [2.05, 4.69) is 45.1 Å². The van der Waals surface area contributed by atoms with E-state index in [0.29, 0.717) is 6.04 Å². The molecular weight excluding hydrogens is 348 g/mol. The van der Waals surface area contributed by atoms with E-state index in [1.165, 1.54) is 58.0 Å². The number of guanidine groups is 1. The van der Waals surface area contributed by atoms with Crippen molar-refractivity contribution in [2.24, 2.45) is 4.99 Å². The molecule has 0 bridgehead atoms. The van der Waals surface area contributed by atoms with Gasteiger partial charge in [0.25, 0.3) is 0 Å². The number of nitrogens with one attached hydrogen (secondary N) is 2. The summed E-state index contributed by atoms with van der Waals surface area (Å²) in [5.74, 6) is 2.09. The van der Waals surface area contributed by atoms with Crippen molar-refractivity contribution in [2.75, 3.05) is 26.2 Å². The number of aryl methyl sites for hydroxylation is 2. The van der Waals surface area contributed by atoms with Crippen molar-refractivity contribution in [3.8, 4) is 0 Å². The number of hydrogen-bond donors (Lipinski definition) is 2. The summed E-state index contributed by atoms with van der Waals surface area (Å²) in [6.07, 6.45) is 15.8. The maximum absolute atomic E-state index is 4.81. The second-order valence-corrected chi connectivity index (χ2v) is 8.38. The SMILES string of the molecule is CCNC(=NCCCCn1ccnc1C)NC1CCN(C2CCCCC2)CC1. The Morgan fingerprint density at radius 1 is 1.14 bits per heavy atom. The van der Waals surface area contributed by atoms with Crippen LogP contribution in [0.1, 0.15) is 70.5 Å². The summed E-state index contributed by atoms with van der Waals surface area (Å²) in [5.41, 5.74) is 0. The normalized spacial score (nSPS) is 20.4. The Balaban J connectivity index is 1.36. The average molecular weight is 389 g/mol. The van der Waals surface area contributed by atoms with E-state index in [0.717, 1.165) is 50.3 Å². The minimum Gasteiger partial charge on any atom is -0.357 e. The van der Waals surface area contributed by atoms with E-state index in [1.54, 1.807) is 0 Å². The van der Waals surface area contributed by atoms with Gasteiger partial charge in [0.1, 0.15) is 5.82 Å². The molecule has 0 spiro atoms. The second kappa shape index (κ2) is 11.4. The third kappa shape index (κ3) is 6.50. The molecule has 28 heavy (non-hydrogen) atoms. The molecule has 2 N–H and O–H groups in total. The minimum absolute atomic E-state index is 0.561. The van der Waals surface area contributed by atoms with Gasteiger partial charge < -0.3 is 20.1 Å². The summed E-state index contributed by atoms with van der Waals surface area (Å²) in [4.78, 5) is 11.8. The van der Waals surface area contributed by atoms with Gasteiger partial charge in [-0.3, -0.25) is 4.99 Å². The summed E-state index contributed by atoms with van der Waals surface area (Å²) in [6, 6.07) is 1.42. The van der Waals surface area contributed by atoms with E-state index in [4.69, 9.17) is 4.99 Å². The summed E-state index contributed by atoms with van der Waals surface area (Å²) in [6.45, 7) is 9.52. The van der Waals surface area contributed by atoms with Crippen molar-refractivity contribution >= 4 is 5.96 Å². The molecule has 6 heteroatoms. The summed E-state index contributed by atoms with van der Waals surface area (Å²) in [7, 11) is 0. The van der Waals surface area contributed by atoms with Gasteiger partial charge in [0.15, 0.2) is 5.96 Å². The number of aliphatic imine (C=N–C) groups is 1. The molecule has 0 unspecified atom stereocenters. The van der Waals surface area contributed by atoms with Crippen LogP contribution in [-0.2, 0) is 6.54 Å². The molecule has 158 valence electrons. The molecule has 1 aromatic heterocycles. The van der Waals surface area contributed by atoms with Crippen LogP contribution in [0.3, 0.4) is 0 Å². The van der Waals surface area contributed by atoms with E-state index in [9.17, 15) is 0 Å². The van der Waals surface area contributed by atoms with Crippen molar-refractivity contribution in [2.45, 2.75) is 90.3 Å². The number of unbranched alkanes of at least 4 members (excludes halogenated alkanes) is 1. The Kier molecular flexibility index (Phi) is 8.65. The monoisotopic (exact) mass is 388 g/mol. The van der Waals surface area contributed by atoms with Crippen LogP contribution in [-0.4, -0.2) is 58.7 Å². The molecule has 1 aromatic rings. The summed E-state index contributed by atoms with van der Waals surface area (Å²) in [5, 5.41) is 7.12. The molecule has 0 radical (unpaired) electrons. The maximum Gasteiger partial charge on any atom is 0.191 e. The molecule has 0 aromatic carbocycles. The highest BCUT2D eigenvalue weighted by Crippen LogP contribution is 2.25. The van der Waals surface area contributed by atoms with Gasteiger partial charge in [0.2, 0.25) is 0 Å². The highest BCUT2D eigenvalue weighted by molar-refractivity contribution is 5.80. The lowest BCUT2D eigenvalue weighted by Gasteiger charge is -2.39. The van der Waals surface area contributed by atoms with Crippen molar-refractivity contribution in [1.82, 2.24) is 25.1 Å². The number of nitrogens with zero attached hydrogens (tertiary/aromatic N) is 4. The van der Waals surface area contributed by atoms with Gasteiger partial charge >= 0.3 is 0 Å². The molecule has 1 saturated heterocycles. The first-order chi connectivity index (χ1) is 13.8. The van der Waals surface area contributed by atoms with E-state index < -0.39 is 0 Å². The average Bonchev–Trinajstić information content (AvgIpc) is 3.14. The molecule has 1 aliphatic heterocycles. The van der Waals surface area contributed by atoms with Crippen molar-refractivity contribution in [3.63, 3.8) is 0 Å². The minimum atomic E-state index is 0.561. The van der Waals surface area contributed by atoms with Gasteiger partial charge in [-0.25, -0.2) is 4.98 Å². The Morgan fingerprint density at radius 3 is 2.61 bits per heavy atom. The standard InChI is InChI=1S/C22H40N6/c1-3-23-22(25-13-7-8-15-27-18-14-24-19(27)2)26-20-11-16-28(17-12-20)21-9-5-4-6-10-21/h14,18,20-21H,3-13,15-17H2,1-2H3,(H2,23,25,26). The number of piperidine rings is 1. The van der Waals surface area contributed by atoms with E-state index in [-0.39, 0.29) is 0 Å². The lowest BCUT2D eigenvalue weighted by atomic mass is 9.92. The number of aromatic nitrogens is 2. The highest BCUT2D eigenvalue weighted by Gasteiger charge is 2.26. The van der Waals surface area contributed by atoms with Gasteiger partial charge in [-0.2, -0.15) is 0 Å². The van der Waals surface area contributed by atoms with Crippen molar-refractivity contribution in [3.05, 3.63) is 18.2 Å². The Bertz CT molecular complexity index is 582. The molecule has 1 saturated carbocycles. The second-order valence-electron chi connectivity index (χ2n) is 8.38. The molecule has 0 atom stereocenters. The lowest BCUT2D eigenvalue weighted by molar-refractivity contribution is 0.119. The first kappa shape index (κ1) is 21.2. The van der Waals surface area contributed by atoms with Crippen LogP contribution < -0.4 is 10.6 Å². The van der Waals surface area contributed by atoms with Gasteiger partial charge in [-0.1, -0.05) is 19.3 Å². The van der Waals surface area contributed by atoms with Crippen LogP contribution in [0.5, 0.6) is 0 Å². The summed E-state index contributed by atoms with van der Waals surface area (Å²) >= 11 is 0. The number of rotatable bonds is 8. The zero-order valence-electron chi connectivity index (χ0n) is 18.0. The topological polar surface area (TPSA) is 57.5 Å². The fourth-order valence-corrected chi connectivity index (χ4v) is 4.59. The Morgan fingerprint density at radius 2 is 1.93 bits per heavy atom. The van der Waals surface area contributed by atoms with Crippen LogP contribution in [0.25, 0.3) is 0 Å². The van der Waals surface area contributed by atoms with Crippen molar-refractivity contribution < 1.29 is 0 Å². The predicted octanol–water partition coefficient (Wildman–Crippen LogP) is 3.32. The quantitative estimate of drug-likeness (QED) is 0.407. The largest absolute Gasteiger partial charge is 0.357 e. The third-order valence-electron chi connectivity index (χ3n) is 6.31. The highest BCUT2D eigenvalue weighted by atomic mass is 15.2. The fraction of sp³-hybridized carbons (Fsp3) is 0.818. The lowest BCUT2D eigenvalue weighted by Crippen LogP contribution is -2.51. The van der Waals surface area contributed by atoms with Gasteiger partial charge in [0.05, 0.1) is 0 Å². The fourth-order valence-electron chi connectivity index (χ4n) is 4.59. The molecule has 6 nitrogen and oxygen atoms in total. The predicted molar refractivity (Wildman–Crippen MR) is 117 cm³/mol. The van der Waals surface area contributed by atoms with Gasteiger partial charge in [-0.15, -0.1) is 0 Å². The molecule has 2 aliphatic rings. The van der Waals surface area contributed by atoms with E-state index >= 15 is 0 Å². The first-order valence-corrected chi connectivity index (χ1v) is 11.5. The van der Waals surface area contributed by atoms with Gasteiger partial charge in [-0.05, 0) is 52.4 Å². The van der Waals surface area contributed by atoms with Crippen LogP contribution in [0, 0.1) is 6.92 Å². The van der Waals surface area contributed by atoms with Crippen LogP contribution in [0.15, 0.2) is 17.4 Å². The Hall–Kier alpha value is -1.56. The third-order valence-corrected chi connectivity index (χ3v) is 6.31. The van der Waals surface area contributed by atoms with Gasteiger partial charge in [0, 0.05) is 57.2 Å². The molecule has 3 rings (SSSR count). The first-order valence-electron chi connectivity index (χ1n) is 11.5. The maximum atomic E-state index is 4.81. The zero-order chi connectivity index (χ0) is 19.6. The van der Waals surface area contributed by atoms with Crippen molar-refractivity contribution in [1.29, 1.82) is 0 Å².